The third-order valence-electron chi connectivity index (χ3n) is 4.61. The van der Waals surface area contributed by atoms with Gasteiger partial charge in [-0.3, -0.25) is 9.80 Å². The lowest BCUT2D eigenvalue weighted by Gasteiger charge is -2.39. The molecular formula is C20H28N4O. The van der Waals surface area contributed by atoms with Crippen molar-refractivity contribution in [2.45, 2.75) is 39.5 Å². The first-order valence-electron chi connectivity index (χ1n) is 8.98. The standard InChI is InChI=1S/C20H28N4O/c1-15(2)25-19-7-5-18(6-8-19)20-14-24(10-9-23(20)4)13-17-11-21-16(3)22-12-17/h5-8,11-12,15,20H,9-10,13-14H2,1-4H3/t20-/m0/s1. The van der Waals surface area contributed by atoms with Gasteiger partial charge < -0.3 is 4.74 Å². The maximum atomic E-state index is 5.76. The fourth-order valence-electron chi connectivity index (χ4n) is 3.23. The predicted molar refractivity (Wildman–Crippen MR) is 99.6 cm³/mol. The lowest BCUT2D eigenvalue weighted by molar-refractivity contribution is 0.0903. The predicted octanol–water partition coefficient (Wildman–Crippen LogP) is 3.06. The number of piperazine rings is 1. The average molecular weight is 340 g/mol. The molecule has 0 bridgehead atoms. The lowest BCUT2D eigenvalue weighted by Crippen LogP contribution is -2.46. The van der Waals surface area contributed by atoms with Crippen molar-refractivity contribution in [3.63, 3.8) is 0 Å². The molecule has 3 rings (SSSR count). The molecular weight excluding hydrogens is 312 g/mol. The first-order chi connectivity index (χ1) is 12.0. The number of benzene rings is 1. The molecule has 2 heterocycles. The van der Waals surface area contributed by atoms with E-state index < -0.39 is 0 Å². The second-order valence-corrected chi connectivity index (χ2v) is 7.11. The highest BCUT2D eigenvalue weighted by molar-refractivity contribution is 5.30. The summed E-state index contributed by atoms with van der Waals surface area (Å²) in [6, 6.07) is 8.94. The number of aromatic nitrogens is 2. The summed E-state index contributed by atoms with van der Waals surface area (Å²) in [6.07, 6.45) is 4.08. The van der Waals surface area contributed by atoms with Gasteiger partial charge in [0.05, 0.1) is 6.10 Å². The van der Waals surface area contributed by atoms with Crippen molar-refractivity contribution in [2.24, 2.45) is 0 Å². The molecule has 0 aliphatic carbocycles. The maximum absolute atomic E-state index is 5.76. The van der Waals surface area contributed by atoms with E-state index in [2.05, 4.69) is 64.9 Å². The Bertz CT molecular complexity index is 669. The summed E-state index contributed by atoms with van der Waals surface area (Å²) < 4.78 is 5.76. The summed E-state index contributed by atoms with van der Waals surface area (Å²) in [4.78, 5) is 13.5. The van der Waals surface area contributed by atoms with E-state index in [4.69, 9.17) is 4.74 Å². The molecule has 0 N–H and O–H groups in total. The molecule has 1 aromatic carbocycles. The van der Waals surface area contributed by atoms with Gasteiger partial charge in [-0.15, -0.1) is 0 Å². The Morgan fingerprint density at radius 3 is 2.44 bits per heavy atom. The van der Waals surface area contributed by atoms with Gasteiger partial charge in [0, 0.05) is 50.2 Å². The maximum Gasteiger partial charge on any atom is 0.125 e. The van der Waals surface area contributed by atoms with Gasteiger partial charge in [-0.05, 0) is 45.5 Å². The van der Waals surface area contributed by atoms with Gasteiger partial charge in [-0.1, -0.05) is 12.1 Å². The van der Waals surface area contributed by atoms with Crippen LogP contribution in [-0.2, 0) is 6.54 Å². The molecule has 0 unspecified atom stereocenters. The molecule has 1 atom stereocenters. The Balaban J connectivity index is 1.66. The molecule has 25 heavy (non-hydrogen) atoms. The molecule has 0 radical (unpaired) electrons. The van der Waals surface area contributed by atoms with Crippen LogP contribution in [-0.4, -0.2) is 52.6 Å². The van der Waals surface area contributed by atoms with Crippen molar-refractivity contribution in [3.05, 3.63) is 53.6 Å². The van der Waals surface area contributed by atoms with Gasteiger partial charge >= 0.3 is 0 Å². The van der Waals surface area contributed by atoms with E-state index in [1.807, 2.05) is 19.3 Å². The highest BCUT2D eigenvalue weighted by Crippen LogP contribution is 2.26. The van der Waals surface area contributed by atoms with E-state index in [9.17, 15) is 0 Å². The molecule has 1 aliphatic heterocycles. The summed E-state index contributed by atoms with van der Waals surface area (Å²) in [5.74, 6) is 1.76. The molecule has 0 amide bonds. The van der Waals surface area contributed by atoms with Crippen LogP contribution in [0.25, 0.3) is 0 Å². The van der Waals surface area contributed by atoms with Gasteiger partial charge in [-0.2, -0.15) is 0 Å². The molecule has 5 nitrogen and oxygen atoms in total. The number of rotatable bonds is 5. The smallest absolute Gasteiger partial charge is 0.125 e. The molecule has 1 aliphatic rings. The summed E-state index contributed by atoms with van der Waals surface area (Å²) in [7, 11) is 2.20. The summed E-state index contributed by atoms with van der Waals surface area (Å²) in [6.45, 7) is 10.1. The van der Waals surface area contributed by atoms with Crippen molar-refractivity contribution in [1.82, 2.24) is 19.8 Å². The van der Waals surface area contributed by atoms with Crippen molar-refractivity contribution >= 4 is 0 Å². The van der Waals surface area contributed by atoms with Gasteiger partial charge in [0.2, 0.25) is 0 Å². The SMILES string of the molecule is Cc1ncc(CN2CCN(C)[C@H](c3ccc(OC(C)C)cc3)C2)cn1. The first kappa shape index (κ1) is 17.8. The minimum absolute atomic E-state index is 0.204. The molecule has 2 aromatic rings. The van der Waals surface area contributed by atoms with Gasteiger partial charge in [-0.25, -0.2) is 9.97 Å². The van der Waals surface area contributed by atoms with Crippen LogP contribution >= 0.6 is 0 Å². The molecule has 5 heteroatoms. The van der Waals surface area contributed by atoms with Crippen molar-refractivity contribution < 1.29 is 4.74 Å². The molecule has 1 aromatic heterocycles. The number of hydrogen-bond acceptors (Lipinski definition) is 5. The Labute approximate surface area is 150 Å². The Morgan fingerprint density at radius 2 is 1.80 bits per heavy atom. The molecule has 134 valence electrons. The minimum atomic E-state index is 0.204. The van der Waals surface area contributed by atoms with E-state index in [-0.39, 0.29) is 6.10 Å². The van der Waals surface area contributed by atoms with Crippen LogP contribution < -0.4 is 4.74 Å². The van der Waals surface area contributed by atoms with Crippen LogP contribution in [0.5, 0.6) is 5.75 Å². The molecule has 0 spiro atoms. The van der Waals surface area contributed by atoms with Gasteiger partial charge in [0.25, 0.3) is 0 Å². The number of aryl methyl sites for hydroxylation is 1. The highest BCUT2D eigenvalue weighted by atomic mass is 16.5. The number of ether oxygens (including phenoxy) is 1. The van der Waals surface area contributed by atoms with Crippen molar-refractivity contribution in [3.8, 4) is 5.75 Å². The van der Waals surface area contributed by atoms with Crippen LogP contribution in [0.1, 0.15) is 36.8 Å². The number of hydrogen-bond donors (Lipinski definition) is 0. The zero-order valence-corrected chi connectivity index (χ0v) is 15.6. The number of likely N-dealkylation sites (N-methyl/N-ethyl adjacent to an activating group) is 1. The summed E-state index contributed by atoms with van der Waals surface area (Å²) in [5.41, 5.74) is 2.51. The monoisotopic (exact) mass is 340 g/mol. The third kappa shape index (κ3) is 4.77. The van der Waals surface area contributed by atoms with E-state index in [0.29, 0.717) is 6.04 Å². The Morgan fingerprint density at radius 1 is 1.12 bits per heavy atom. The topological polar surface area (TPSA) is 41.5 Å². The fraction of sp³-hybridized carbons (Fsp3) is 0.500. The lowest BCUT2D eigenvalue weighted by atomic mass is 10.0. The van der Waals surface area contributed by atoms with Gasteiger partial charge in [0.15, 0.2) is 0 Å². The summed E-state index contributed by atoms with van der Waals surface area (Å²) in [5, 5.41) is 0. The number of nitrogens with zero attached hydrogens (tertiary/aromatic N) is 4. The molecule has 1 fully saturated rings. The van der Waals surface area contributed by atoms with Crippen LogP contribution in [0.3, 0.4) is 0 Å². The van der Waals surface area contributed by atoms with E-state index >= 15 is 0 Å². The van der Waals surface area contributed by atoms with Gasteiger partial charge in [0.1, 0.15) is 11.6 Å². The second-order valence-electron chi connectivity index (χ2n) is 7.11. The first-order valence-corrected chi connectivity index (χ1v) is 8.98. The molecule has 0 saturated carbocycles. The Hall–Kier alpha value is -1.98. The van der Waals surface area contributed by atoms with Crippen molar-refractivity contribution in [1.29, 1.82) is 0 Å². The third-order valence-corrected chi connectivity index (χ3v) is 4.61. The molecule has 1 saturated heterocycles. The fourth-order valence-corrected chi connectivity index (χ4v) is 3.23. The van der Waals surface area contributed by atoms with Crippen LogP contribution in [0.15, 0.2) is 36.7 Å². The van der Waals surface area contributed by atoms with E-state index in [1.54, 1.807) is 0 Å². The van der Waals surface area contributed by atoms with Crippen LogP contribution in [0.4, 0.5) is 0 Å². The normalized spacial score (nSPS) is 19.3. The summed E-state index contributed by atoms with van der Waals surface area (Å²) >= 11 is 0. The zero-order valence-electron chi connectivity index (χ0n) is 15.6. The van der Waals surface area contributed by atoms with Crippen LogP contribution in [0, 0.1) is 6.92 Å². The second kappa shape index (κ2) is 7.93. The van der Waals surface area contributed by atoms with Crippen LogP contribution in [0.2, 0.25) is 0 Å². The zero-order chi connectivity index (χ0) is 17.8. The quantitative estimate of drug-likeness (QED) is 0.837. The van der Waals surface area contributed by atoms with Crippen molar-refractivity contribution in [2.75, 3.05) is 26.7 Å². The average Bonchev–Trinajstić information content (AvgIpc) is 2.59. The largest absolute Gasteiger partial charge is 0.491 e. The Kier molecular flexibility index (Phi) is 5.66. The van der Waals surface area contributed by atoms with E-state index in [1.165, 1.54) is 11.1 Å². The minimum Gasteiger partial charge on any atom is -0.491 e. The highest BCUT2D eigenvalue weighted by Gasteiger charge is 2.25. The van der Waals surface area contributed by atoms with E-state index in [0.717, 1.165) is 37.8 Å².